The molecule has 1 unspecified atom stereocenters. The number of nitrogens with one attached hydrogen (secondary N) is 1. The number of nitrogens with zero attached hydrogens (tertiary/aromatic N) is 3. The van der Waals surface area contributed by atoms with E-state index in [1.54, 1.807) is 24.3 Å². The van der Waals surface area contributed by atoms with Gasteiger partial charge in [0.05, 0.1) is 5.52 Å². The van der Waals surface area contributed by atoms with E-state index in [0.29, 0.717) is 29.0 Å². The fourth-order valence-electron chi connectivity index (χ4n) is 3.83. The summed E-state index contributed by atoms with van der Waals surface area (Å²) < 4.78 is 3.71. The number of rotatable bonds is 5. The van der Waals surface area contributed by atoms with Gasteiger partial charge in [-0.05, 0) is 44.5 Å². The molecular weight excluding hydrogens is 380 g/mol. The second-order valence-corrected chi connectivity index (χ2v) is 7.28. The molecule has 0 radical (unpaired) electrons. The number of amides is 1. The molecule has 0 bridgehead atoms. The van der Waals surface area contributed by atoms with Crippen LogP contribution in [-0.2, 0) is 4.79 Å². The Bertz CT molecular complexity index is 1350. The third-order valence-corrected chi connectivity index (χ3v) is 5.21. The van der Waals surface area contributed by atoms with Crippen LogP contribution in [0.15, 0.2) is 59.4 Å². The molecule has 0 aliphatic carbocycles. The molecule has 0 saturated heterocycles. The maximum Gasteiger partial charge on any atom is 0.273 e. The van der Waals surface area contributed by atoms with Gasteiger partial charge in [0.25, 0.3) is 5.56 Å². The van der Waals surface area contributed by atoms with E-state index in [1.165, 1.54) is 13.0 Å². The summed E-state index contributed by atoms with van der Waals surface area (Å²) in [6.07, 6.45) is 0.525. The predicted octanol–water partition coefficient (Wildman–Crippen LogP) is 3.75. The molecule has 0 aliphatic heterocycles. The van der Waals surface area contributed by atoms with Crippen LogP contribution in [0.4, 0.5) is 5.69 Å². The van der Waals surface area contributed by atoms with Crippen LogP contribution in [0.3, 0.4) is 0 Å². The maximum atomic E-state index is 13.3. The smallest absolute Gasteiger partial charge is 0.273 e. The van der Waals surface area contributed by atoms with E-state index < -0.39 is 6.04 Å². The maximum absolute atomic E-state index is 13.3. The van der Waals surface area contributed by atoms with Crippen molar-refractivity contribution in [1.29, 1.82) is 0 Å². The van der Waals surface area contributed by atoms with Crippen molar-refractivity contribution in [3.05, 3.63) is 76.2 Å². The molecule has 7 nitrogen and oxygen atoms in total. The minimum Gasteiger partial charge on any atom is -0.324 e. The highest BCUT2D eigenvalue weighted by Gasteiger charge is 2.25. The van der Waals surface area contributed by atoms with Crippen LogP contribution in [-0.4, -0.2) is 25.9 Å². The molecule has 0 saturated carbocycles. The third-order valence-electron chi connectivity index (χ3n) is 5.21. The van der Waals surface area contributed by atoms with Crippen LogP contribution in [0.25, 0.3) is 16.6 Å². The number of ketones is 1. The third kappa shape index (κ3) is 3.28. The number of benzene rings is 2. The van der Waals surface area contributed by atoms with Crippen molar-refractivity contribution in [2.45, 2.75) is 33.2 Å². The largest absolute Gasteiger partial charge is 0.324 e. The number of fused-ring (bicyclic) bond motifs is 3. The van der Waals surface area contributed by atoms with Crippen LogP contribution < -0.4 is 10.9 Å². The van der Waals surface area contributed by atoms with Crippen LogP contribution >= 0.6 is 0 Å². The lowest BCUT2D eigenvalue weighted by molar-refractivity contribution is -0.119. The molecule has 1 amide bonds. The number of carbonyl (C=O) groups excluding carboxylic acids is 2. The number of hydrogen-bond donors (Lipinski definition) is 1. The van der Waals surface area contributed by atoms with Gasteiger partial charge in [0.2, 0.25) is 5.91 Å². The molecule has 4 rings (SSSR count). The Kier molecular flexibility index (Phi) is 4.95. The quantitative estimate of drug-likeness (QED) is 0.515. The summed E-state index contributed by atoms with van der Waals surface area (Å²) in [5.41, 5.74) is 2.84. The van der Waals surface area contributed by atoms with Crippen LogP contribution in [0.1, 0.15) is 42.4 Å². The summed E-state index contributed by atoms with van der Waals surface area (Å²) in [7, 11) is 0. The topological polar surface area (TPSA) is 85.5 Å². The van der Waals surface area contributed by atoms with Gasteiger partial charge in [-0.2, -0.15) is 4.98 Å². The highest BCUT2D eigenvalue weighted by molar-refractivity contribution is 5.99. The molecule has 152 valence electrons. The first-order valence-corrected chi connectivity index (χ1v) is 9.82. The van der Waals surface area contributed by atoms with E-state index >= 15 is 0 Å². The Morgan fingerprint density at radius 2 is 1.87 bits per heavy atom. The van der Waals surface area contributed by atoms with Crippen molar-refractivity contribution in [3.8, 4) is 0 Å². The van der Waals surface area contributed by atoms with Gasteiger partial charge in [-0.25, -0.2) is 4.52 Å². The number of carbonyl (C=O) groups is 2. The highest BCUT2D eigenvalue weighted by Crippen LogP contribution is 2.27. The first kappa shape index (κ1) is 19.6. The van der Waals surface area contributed by atoms with Crippen LogP contribution in [0, 0.1) is 6.92 Å². The number of Topliss-reactive ketones (excluding diaryl/α,β-unsaturated/α-hetero) is 1. The van der Waals surface area contributed by atoms with E-state index in [2.05, 4.69) is 10.3 Å². The summed E-state index contributed by atoms with van der Waals surface area (Å²) in [4.78, 5) is 41.2. The Balaban J connectivity index is 1.85. The fraction of sp³-hybridized carbons (Fsp3) is 0.217. The van der Waals surface area contributed by atoms with Gasteiger partial charge in [-0.3, -0.25) is 19.1 Å². The van der Waals surface area contributed by atoms with Crippen molar-refractivity contribution in [2.24, 2.45) is 0 Å². The number of aromatic nitrogens is 3. The number of anilines is 1. The average molecular weight is 402 g/mol. The SMILES string of the molecule is CCC(C(=O)Nc1cccc(C(C)=O)c1)n1c2ccccc2c2nc(=O)cc(C)n21. The Labute approximate surface area is 172 Å². The monoisotopic (exact) mass is 402 g/mol. The number of aryl methyl sites for hydroxylation is 1. The zero-order valence-corrected chi connectivity index (χ0v) is 17.0. The number of para-hydroxylation sites is 1. The zero-order valence-electron chi connectivity index (χ0n) is 17.0. The second kappa shape index (κ2) is 7.59. The molecule has 0 aliphatic rings. The molecule has 2 aromatic carbocycles. The summed E-state index contributed by atoms with van der Waals surface area (Å²) in [6, 6.07) is 15.4. The van der Waals surface area contributed by atoms with Crippen LogP contribution in [0.5, 0.6) is 0 Å². The summed E-state index contributed by atoms with van der Waals surface area (Å²) in [5, 5.41) is 3.74. The molecule has 30 heavy (non-hydrogen) atoms. The van der Waals surface area contributed by atoms with E-state index in [0.717, 1.165) is 10.9 Å². The Morgan fingerprint density at radius 3 is 2.60 bits per heavy atom. The van der Waals surface area contributed by atoms with E-state index in [4.69, 9.17) is 0 Å². The second-order valence-electron chi connectivity index (χ2n) is 7.28. The van der Waals surface area contributed by atoms with Crippen molar-refractivity contribution in [2.75, 3.05) is 5.32 Å². The standard InChI is InChI=1S/C23H22N4O3/c1-4-19(23(30)24-17-9-7-8-16(13-17)15(3)28)27-20-11-6-5-10-18(20)22-25-21(29)12-14(2)26(22)27/h5-13,19H,4H2,1-3H3,(H,24,30). The normalized spacial score (nSPS) is 12.2. The molecule has 7 heteroatoms. The summed E-state index contributed by atoms with van der Waals surface area (Å²) >= 11 is 0. The molecular formula is C23H22N4O3. The minimum atomic E-state index is -0.545. The summed E-state index contributed by atoms with van der Waals surface area (Å²) in [6.45, 7) is 5.25. The van der Waals surface area contributed by atoms with Crippen molar-refractivity contribution >= 4 is 33.9 Å². The Hall–Kier alpha value is -3.74. The molecule has 1 atom stereocenters. The van der Waals surface area contributed by atoms with Gasteiger partial charge >= 0.3 is 0 Å². The highest BCUT2D eigenvalue weighted by atomic mass is 16.2. The van der Waals surface area contributed by atoms with E-state index in [1.807, 2.05) is 47.3 Å². The lowest BCUT2D eigenvalue weighted by Crippen LogP contribution is -2.29. The van der Waals surface area contributed by atoms with E-state index in [9.17, 15) is 14.4 Å². The van der Waals surface area contributed by atoms with Crippen molar-refractivity contribution < 1.29 is 9.59 Å². The van der Waals surface area contributed by atoms with E-state index in [-0.39, 0.29) is 17.2 Å². The lowest BCUT2D eigenvalue weighted by atomic mass is 10.1. The number of hydrogen-bond acceptors (Lipinski definition) is 4. The van der Waals surface area contributed by atoms with Gasteiger partial charge < -0.3 is 5.32 Å². The molecule has 0 spiro atoms. The van der Waals surface area contributed by atoms with Gasteiger partial charge in [0.15, 0.2) is 11.4 Å². The Morgan fingerprint density at radius 1 is 1.10 bits per heavy atom. The minimum absolute atomic E-state index is 0.0637. The van der Waals surface area contributed by atoms with Crippen molar-refractivity contribution in [3.63, 3.8) is 0 Å². The van der Waals surface area contributed by atoms with Crippen LogP contribution in [0.2, 0.25) is 0 Å². The fourth-order valence-corrected chi connectivity index (χ4v) is 3.83. The zero-order chi connectivity index (χ0) is 21.4. The first-order valence-electron chi connectivity index (χ1n) is 9.82. The first-order chi connectivity index (χ1) is 14.4. The lowest BCUT2D eigenvalue weighted by Gasteiger charge is -2.20. The summed E-state index contributed by atoms with van der Waals surface area (Å²) in [5.74, 6) is -0.273. The molecule has 2 aromatic heterocycles. The van der Waals surface area contributed by atoms with Gasteiger partial charge in [0.1, 0.15) is 6.04 Å². The molecule has 1 N–H and O–H groups in total. The van der Waals surface area contributed by atoms with Gasteiger partial charge in [0, 0.05) is 28.4 Å². The molecule has 4 aromatic rings. The van der Waals surface area contributed by atoms with Gasteiger partial charge in [-0.15, -0.1) is 0 Å². The average Bonchev–Trinajstić information content (AvgIpc) is 3.03. The predicted molar refractivity (Wildman–Crippen MR) is 116 cm³/mol. The molecule has 0 fully saturated rings. The van der Waals surface area contributed by atoms with Gasteiger partial charge in [-0.1, -0.05) is 31.2 Å². The molecule has 2 heterocycles. The van der Waals surface area contributed by atoms with Crippen molar-refractivity contribution in [1.82, 2.24) is 14.2 Å².